The molecule has 0 aliphatic carbocycles. The fourth-order valence-electron chi connectivity index (χ4n) is 3.61. The smallest absolute Gasteiger partial charge is 0.252 e. The summed E-state index contributed by atoms with van der Waals surface area (Å²) in [6.45, 7) is 9.93. The minimum Gasteiger partial charge on any atom is -0.396 e. The van der Waals surface area contributed by atoms with Crippen molar-refractivity contribution < 1.29 is 9.90 Å². The van der Waals surface area contributed by atoms with E-state index in [4.69, 9.17) is 5.11 Å². The van der Waals surface area contributed by atoms with Crippen LogP contribution in [0.3, 0.4) is 0 Å². The number of aliphatic hydroxyl groups excluding tert-OH is 1. The van der Waals surface area contributed by atoms with E-state index in [1.807, 2.05) is 24.3 Å². The van der Waals surface area contributed by atoms with Gasteiger partial charge in [0.25, 0.3) is 5.91 Å². The second kappa shape index (κ2) is 9.44. The van der Waals surface area contributed by atoms with E-state index < -0.39 is 0 Å². The van der Waals surface area contributed by atoms with Crippen molar-refractivity contribution in [2.45, 2.75) is 38.1 Å². The first-order valence-corrected chi connectivity index (χ1v) is 9.84. The molecule has 0 aromatic heterocycles. The van der Waals surface area contributed by atoms with Crippen LogP contribution in [-0.2, 0) is 0 Å². The molecule has 2 N–H and O–H groups in total. The summed E-state index contributed by atoms with van der Waals surface area (Å²) in [6, 6.07) is 7.72. The van der Waals surface area contributed by atoms with Crippen molar-refractivity contribution in [3.8, 4) is 0 Å². The molecule has 2 rings (SSSR count). The third-order valence-corrected chi connectivity index (χ3v) is 5.39. The molecule has 1 amide bonds. The van der Waals surface area contributed by atoms with E-state index in [1.165, 1.54) is 18.2 Å². The van der Waals surface area contributed by atoms with Gasteiger partial charge in [-0.05, 0) is 37.3 Å². The van der Waals surface area contributed by atoms with Crippen LogP contribution in [0.4, 0.5) is 0 Å². The monoisotopic (exact) mass is 350 g/mol. The van der Waals surface area contributed by atoms with Crippen LogP contribution in [0, 0.1) is 11.8 Å². The van der Waals surface area contributed by atoms with E-state index in [-0.39, 0.29) is 18.6 Å². The number of thioether (sulfide) groups is 1. The minimum absolute atomic E-state index is 0.0263. The highest BCUT2D eigenvalue weighted by Gasteiger charge is 2.23. The summed E-state index contributed by atoms with van der Waals surface area (Å²) in [5, 5.41) is 12.1. The standard InChI is InChI=1S/C19H30N2O2S/c1-14-10-15(2)12-21(11-14)13-16(3)20-19(23)17-6-4-5-7-18(17)24-9-8-22/h4-7,14-16,22H,8-13H2,1-3H3,(H,20,23)/t14-,15+,16-/m1/s1. The number of carbonyl (C=O) groups excluding carboxylic acids is 1. The van der Waals surface area contributed by atoms with E-state index >= 15 is 0 Å². The molecule has 1 fully saturated rings. The molecule has 1 aliphatic heterocycles. The maximum Gasteiger partial charge on any atom is 0.252 e. The van der Waals surface area contributed by atoms with E-state index in [9.17, 15) is 4.79 Å². The molecule has 0 bridgehead atoms. The molecule has 0 saturated carbocycles. The Kier molecular flexibility index (Phi) is 7.59. The van der Waals surface area contributed by atoms with Crippen molar-refractivity contribution >= 4 is 17.7 Å². The molecule has 134 valence electrons. The third kappa shape index (κ3) is 5.80. The van der Waals surface area contributed by atoms with Gasteiger partial charge < -0.3 is 15.3 Å². The van der Waals surface area contributed by atoms with Gasteiger partial charge in [0.2, 0.25) is 0 Å². The van der Waals surface area contributed by atoms with Gasteiger partial charge in [0, 0.05) is 36.3 Å². The van der Waals surface area contributed by atoms with Gasteiger partial charge in [-0.2, -0.15) is 0 Å². The second-order valence-corrected chi connectivity index (χ2v) is 8.24. The van der Waals surface area contributed by atoms with Crippen molar-refractivity contribution in [2.75, 3.05) is 32.0 Å². The number of piperidine rings is 1. The van der Waals surface area contributed by atoms with Crippen LogP contribution >= 0.6 is 11.8 Å². The van der Waals surface area contributed by atoms with Crippen molar-refractivity contribution in [3.05, 3.63) is 29.8 Å². The van der Waals surface area contributed by atoms with Crippen LogP contribution in [0.2, 0.25) is 0 Å². The summed E-state index contributed by atoms with van der Waals surface area (Å²) in [4.78, 5) is 16.0. The molecule has 0 unspecified atom stereocenters. The van der Waals surface area contributed by atoms with Gasteiger partial charge in [0.15, 0.2) is 0 Å². The Labute approximate surface area is 150 Å². The topological polar surface area (TPSA) is 52.6 Å². The number of benzene rings is 1. The lowest BCUT2D eigenvalue weighted by atomic mass is 9.92. The fourth-order valence-corrected chi connectivity index (χ4v) is 4.41. The van der Waals surface area contributed by atoms with Crippen molar-refractivity contribution in [1.29, 1.82) is 0 Å². The van der Waals surface area contributed by atoms with Crippen molar-refractivity contribution in [2.24, 2.45) is 11.8 Å². The van der Waals surface area contributed by atoms with Crippen LogP contribution in [0.15, 0.2) is 29.2 Å². The Hall–Kier alpha value is -1.04. The van der Waals surface area contributed by atoms with E-state index in [2.05, 4.69) is 31.0 Å². The molecule has 3 atom stereocenters. The highest BCUT2D eigenvalue weighted by molar-refractivity contribution is 7.99. The predicted octanol–water partition coefficient (Wildman–Crippen LogP) is 2.87. The van der Waals surface area contributed by atoms with Crippen LogP contribution in [-0.4, -0.2) is 53.9 Å². The predicted molar refractivity (Wildman–Crippen MR) is 101 cm³/mol. The first-order valence-electron chi connectivity index (χ1n) is 8.85. The van der Waals surface area contributed by atoms with Gasteiger partial charge in [-0.3, -0.25) is 4.79 Å². The Morgan fingerprint density at radius 3 is 2.67 bits per heavy atom. The van der Waals surface area contributed by atoms with Crippen LogP contribution in [0.5, 0.6) is 0 Å². The Morgan fingerprint density at radius 1 is 1.33 bits per heavy atom. The average molecular weight is 351 g/mol. The molecule has 5 heteroatoms. The summed E-state index contributed by atoms with van der Waals surface area (Å²) >= 11 is 1.52. The number of amides is 1. The van der Waals surface area contributed by atoms with E-state index in [1.54, 1.807) is 0 Å². The molecule has 1 aliphatic rings. The Morgan fingerprint density at radius 2 is 2.00 bits per heavy atom. The van der Waals surface area contributed by atoms with E-state index in [0.29, 0.717) is 11.3 Å². The normalized spacial score (nSPS) is 23.0. The molecule has 0 spiro atoms. The molecular formula is C19H30N2O2S. The zero-order valence-electron chi connectivity index (χ0n) is 15.0. The fraction of sp³-hybridized carbons (Fsp3) is 0.632. The molecule has 0 radical (unpaired) electrons. The van der Waals surface area contributed by atoms with Crippen molar-refractivity contribution in [1.82, 2.24) is 10.2 Å². The molecule has 1 heterocycles. The van der Waals surface area contributed by atoms with Crippen LogP contribution < -0.4 is 5.32 Å². The first-order chi connectivity index (χ1) is 11.5. The number of hydrogen-bond acceptors (Lipinski definition) is 4. The number of nitrogens with zero attached hydrogens (tertiary/aromatic N) is 1. The Bertz CT molecular complexity index is 528. The number of likely N-dealkylation sites (tertiary alicyclic amines) is 1. The maximum atomic E-state index is 12.6. The number of rotatable bonds is 7. The Balaban J connectivity index is 1.92. The summed E-state index contributed by atoms with van der Waals surface area (Å²) in [7, 11) is 0. The maximum absolute atomic E-state index is 12.6. The SMILES string of the molecule is C[C@@H]1C[C@H](C)CN(C[C@@H](C)NC(=O)c2ccccc2SCCO)C1. The zero-order chi connectivity index (χ0) is 17.5. The molecular weight excluding hydrogens is 320 g/mol. The molecule has 1 saturated heterocycles. The highest BCUT2D eigenvalue weighted by atomic mass is 32.2. The van der Waals surface area contributed by atoms with E-state index in [0.717, 1.165) is 36.4 Å². The largest absolute Gasteiger partial charge is 0.396 e. The summed E-state index contributed by atoms with van der Waals surface area (Å²) in [5.74, 6) is 2.03. The molecule has 1 aromatic rings. The van der Waals surface area contributed by atoms with Crippen LogP contribution in [0.25, 0.3) is 0 Å². The summed E-state index contributed by atoms with van der Waals surface area (Å²) in [5.41, 5.74) is 0.697. The van der Waals surface area contributed by atoms with Gasteiger partial charge in [0.1, 0.15) is 0 Å². The lowest BCUT2D eigenvalue weighted by molar-refractivity contribution is 0.0902. The number of nitrogens with one attached hydrogen (secondary N) is 1. The lowest BCUT2D eigenvalue weighted by Gasteiger charge is -2.36. The number of aliphatic hydroxyl groups is 1. The average Bonchev–Trinajstić information content (AvgIpc) is 2.52. The van der Waals surface area contributed by atoms with Crippen LogP contribution in [0.1, 0.15) is 37.6 Å². The summed E-state index contributed by atoms with van der Waals surface area (Å²) < 4.78 is 0. The quantitative estimate of drug-likeness (QED) is 0.743. The molecule has 4 nitrogen and oxygen atoms in total. The van der Waals surface area contributed by atoms with Gasteiger partial charge in [-0.15, -0.1) is 11.8 Å². The zero-order valence-corrected chi connectivity index (χ0v) is 15.8. The lowest BCUT2D eigenvalue weighted by Crippen LogP contribution is -2.47. The first kappa shape index (κ1) is 19.3. The number of hydrogen-bond donors (Lipinski definition) is 2. The number of carbonyl (C=O) groups is 1. The summed E-state index contributed by atoms with van der Waals surface area (Å²) in [6.07, 6.45) is 1.30. The van der Waals surface area contributed by atoms with Gasteiger partial charge in [0.05, 0.1) is 12.2 Å². The second-order valence-electron chi connectivity index (χ2n) is 7.11. The van der Waals surface area contributed by atoms with Gasteiger partial charge in [-0.1, -0.05) is 26.0 Å². The third-order valence-electron chi connectivity index (χ3n) is 4.33. The minimum atomic E-state index is -0.0263. The van der Waals surface area contributed by atoms with Gasteiger partial charge >= 0.3 is 0 Å². The molecule has 24 heavy (non-hydrogen) atoms. The molecule has 1 aromatic carbocycles. The highest BCUT2D eigenvalue weighted by Crippen LogP contribution is 2.23. The van der Waals surface area contributed by atoms with Gasteiger partial charge in [-0.25, -0.2) is 0 Å². The van der Waals surface area contributed by atoms with Crippen molar-refractivity contribution in [3.63, 3.8) is 0 Å².